The van der Waals surface area contributed by atoms with Crippen molar-refractivity contribution < 1.29 is 26.7 Å². The number of methoxy groups -OCH3 is 2. The number of aromatic nitrogens is 1. The Morgan fingerprint density at radius 2 is 1.89 bits per heavy atom. The van der Waals surface area contributed by atoms with Crippen LogP contribution in [0.2, 0.25) is 0 Å². The van der Waals surface area contributed by atoms with Crippen LogP contribution in [-0.4, -0.2) is 67.9 Å². The number of halogens is 3. The average Bonchev–Trinajstić information content (AvgIpc) is 3.05. The van der Waals surface area contributed by atoms with Crippen molar-refractivity contribution in [2.24, 2.45) is 4.36 Å². The maximum Gasteiger partial charge on any atom is 0.145 e. The summed E-state index contributed by atoms with van der Waals surface area (Å²) in [5.74, 6) is -0.168. The minimum absolute atomic E-state index is 0.198. The topological polar surface area (TPSA) is 81.1 Å². The molecule has 0 saturated carbocycles. The zero-order valence-electron chi connectivity index (χ0n) is 22.5. The Hall–Kier alpha value is -1.63. The predicted octanol–water partition coefficient (Wildman–Crippen LogP) is 5.43. The van der Waals surface area contributed by atoms with Crippen LogP contribution in [0.4, 0.5) is 8.78 Å². The van der Waals surface area contributed by atoms with Crippen LogP contribution in [-0.2, 0) is 32.7 Å². The van der Waals surface area contributed by atoms with Crippen LogP contribution in [0.3, 0.4) is 0 Å². The number of hydrogen-bond donors (Lipinski definition) is 0. The standard InChI is InChI=1S/C26H36BrF2N3O4S2/c1-25(2,3)37(33)17-26(16-28,24-21(29)10-11-23(27)31-24)18-38(34)30-12-6-7-13-32(38)15-19-8-9-20(35-4)14-22(19)36-5/h8-11,14H,6-7,12-13,15-18H2,1-5H3/t26-,37-,38?/m0/s1. The normalized spacial score (nSPS) is 21.2. The quantitative estimate of drug-likeness (QED) is 0.325. The number of pyridine rings is 1. The molecule has 1 unspecified atom stereocenters. The van der Waals surface area contributed by atoms with E-state index in [1.54, 1.807) is 51.4 Å². The largest absolute Gasteiger partial charge is 0.497 e. The van der Waals surface area contributed by atoms with E-state index < -0.39 is 43.4 Å². The van der Waals surface area contributed by atoms with Gasteiger partial charge in [0.05, 0.1) is 31.1 Å². The molecular weight excluding hydrogens is 600 g/mol. The van der Waals surface area contributed by atoms with E-state index in [4.69, 9.17) is 9.47 Å². The molecule has 3 atom stereocenters. The first-order chi connectivity index (χ1) is 17.9. The number of ether oxygens (including phenoxy) is 2. The van der Waals surface area contributed by atoms with E-state index in [2.05, 4.69) is 25.3 Å². The molecule has 1 aromatic carbocycles. The van der Waals surface area contributed by atoms with Crippen molar-refractivity contribution in [2.45, 2.75) is 50.3 Å². The number of benzene rings is 1. The van der Waals surface area contributed by atoms with Gasteiger partial charge >= 0.3 is 0 Å². The lowest BCUT2D eigenvalue weighted by Crippen LogP contribution is -2.49. The summed E-state index contributed by atoms with van der Waals surface area (Å²) in [5.41, 5.74) is -1.16. The van der Waals surface area contributed by atoms with Gasteiger partial charge in [0.1, 0.15) is 38.5 Å². The summed E-state index contributed by atoms with van der Waals surface area (Å²) in [7, 11) is -1.76. The molecule has 12 heteroatoms. The summed E-state index contributed by atoms with van der Waals surface area (Å²) < 4.78 is 75.3. The van der Waals surface area contributed by atoms with Crippen molar-refractivity contribution in [3.8, 4) is 11.5 Å². The van der Waals surface area contributed by atoms with Gasteiger partial charge in [-0.1, -0.05) is 6.07 Å². The summed E-state index contributed by atoms with van der Waals surface area (Å²) in [5, 5.41) is 0. The molecule has 0 fully saturated rings. The Labute approximate surface area is 235 Å². The molecule has 0 amide bonds. The van der Waals surface area contributed by atoms with E-state index >= 15 is 8.78 Å². The fourth-order valence-corrected chi connectivity index (χ4v) is 8.59. The second-order valence-electron chi connectivity index (χ2n) is 10.3. The van der Waals surface area contributed by atoms with Crippen LogP contribution in [0.1, 0.15) is 44.9 Å². The van der Waals surface area contributed by atoms with Gasteiger partial charge in [-0.2, -0.15) is 0 Å². The Morgan fingerprint density at radius 1 is 1.16 bits per heavy atom. The first-order valence-electron chi connectivity index (χ1n) is 12.3. The van der Waals surface area contributed by atoms with E-state index in [9.17, 15) is 8.42 Å². The van der Waals surface area contributed by atoms with Gasteiger partial charge in [0.2, 0.25) is 0 Å². The van der Waals surface area contributed by atoms with Gasteiger partial charge in [-0.05, 0) is 67.7 Å². The Morgan fingerprint density at radius 3 is 2.53 bits per heavy atom. The van der Waals surface area contributed by atoms with Gasteiger partial charge in [-0.15, -0.1) is 0 Å². The van der Waals surface area contributed by atoms with Crippen LogP contribution >= 0.6 is 15.9 Å². The molecule has 1 aliphatic heterocycles. The van der Waals surface area contributed by atoms with Crippen molar-refractivity contribution in [3.63, 3.8) is 0 Å². The van der Waals surface area contributed by atoms with Crippen LogP contribution in [0.15, 0.2) is 39.3 Å². The van der Waals surface area contributed by atoms with Crippen LogP contribution < -0.4 is 9.47 Å². The third-order valence-electron chi connectivity index (χ3n) is 6.48. The lowest BCUT2D eigenvalue weighted by molar-refractivity contribution is 0.331. The summed E-state index contributed by atoms with van der Waals surface area (Å²) in [4.78, 5) is 4.27. The maximum atomic E-state index is 15.3. The highest BCUT2D eigenvalue weighted by atomic mass is 79.9. The minimum atomic E-state index is -3.27. The van der Waals surface area contributed by atoms with Gasteiger partial charge in [0, 0.05) is 52.6 Å². The Kier molecular flexibility index (Phi) is 10.3. The molecule has 38 heavy (non-hydrogen) atoms. The monoisotopic (exact) mass is 635 g/mol. The van der Waals surface area contributed by atoms with E-state index in [1.807, 2.05) is 6.07 Å². The molecule has 2 heterocycles. The van der Waals surface area contributed by atoms with E-state index in [1.165, 1.54) is 12.1 Å². The van der Waals surface area contributed by atoms with Gasteiger partial charge in [-0.3, -0.25) is 4.21 Å². The van der Waals surface area contributed by atoms with Crippen molar-refractivity contribution in [1.82, 2.24) is 9.29 Å². The van der Waals surface area contributed by atoms with Gasteiger partial charge in [0.25, 0.3) is 0 Å². The minimum Gasteiger partial charge on any atom is -0.497 e. The first kappa shape index (κ1) is 30.9. The van der Waals surface area contributed by atoms with Gasteiger partial charge < -0.3 is 9.47 Å². The van der Waals surface area contributed by atoms with Crippen LogP contribution in [0, 0.1) is 5.82 Å². The second kappa shape index (κ2) is 12.7. The molecule has 1 aromatic heterocycles. The van der Waals surface area contributed by atoms with Crippen LogP contribution in [0.5, 0.6) is 11.5 Å². The molecule has 7 nitrogen and oxygen atoms in total. The molecule has 212 valence electrons. The van der Waals surface area contributed by atoms with E-state index in [0.29, 0.717) is 35.6 Å². The highest BCUT2D eigenvalue weighted by Crippen LogP contribution is 2.35. The van der Waals surface area contributed by atoms with Crippen molar-refractivity contribution in [1.29, 1.82) is 0 Å². The predicted molar refractivity (Wildman–Crippen MR) is 152 cm³/mol. The fourth-order valence-electron chi connectivity index (χ4n) is 4.26. The number of rotatable bonds is 10. The third kappa shape index (κ3) is 7.11. The summed E-state index contributed by atoms with van der Waals surface area (Å²) in [6, 6.07) is 7.96. The Balaban J connectivity index is 2.13. The SMILES string of the molecule is COc1ccc(CN2CCCCN=S2(=O)C[C@](CF)(C[S@](=O)C(C)(C)C)c2nc(Br)ccc2F)c(OC)c1. The molecule has 0 N–H and O–H groups in total. The lowest BCUT2D eigenvalue weighted by atomic mass is 9.89. The lowest BCUT2D eigenvalue weighted by Gasteiger charge is -2.36. The fraction of sp³-hybridized carbons (Fsp3) is 0.577. The van der Waals surface area contributed by atoms with Gasteiger partial charge in [0.15, 0.2) is 0 Å². The highest BCUT2D eigenvalue weighted by Gasteiger charge is 2.45. The van der Waals surface area contributed by atoms with Crippen molar-refractivity contribution >= 4 is 36.6 Å². The summed E-state index contributed by atoms with van der Waals surface area (Å²) in [6.45, 7) is 5.21. The van der Waals surface area contributed by atoms with E-state index in [-0.39, 0.29) is 23.7 Å². The van der Waals surface area contributed by atoms with E-state index in [0.717, 1.165) is 12.0 Å². The number of nitrogens with zero attached hydrogens (tertiary/aromatic N) is 3. The van der Waals surface area contributed by atoms with Gasteiger partial charge in [-0.25, -0.2) is 26.6 Å². The number of hydrogen-bond acceptors (Lipinski definition) is 6. The average molecular weight is 637 g/mol. The molecule has 0 aliphatic carbocycles. The molecule has 3 rings (SSSR count). The smallest absolute Gasteiger partial charge is 0.145 e. The van der Waals surface area contributed by atoms with Crippen molar-refractivity contribution in [2.75, 3.05) is 45.5 Å². The first-order valence-corrected chi connectivity index (χ1v) is 16.1. The molecule has 1 aliphatic rings. The zero-order chi connectivity index (χ0) is 28.1. The number of alkyl halides is 1. The molecule has 0 spiro atoms. The van der Waals surface area contributed by atoms with Crippen LogP contribution in [0.25, 0.3) is 0 Å². The zero-order valence-corrected chi connectivity index (χ0v) is 25.7. The second-order valence-corrected chi connectivity index (χ2v) is 15.6. The Bertz CT molecular complexity index is 1280. The third-order valence-corrected chi connectivity index (χ3v) is 11.7. The summed E-state index contributed by atoms with van der Waals surface area (Å²) in [6.07, 6.45) is 1.45. The highest BCUT2D eigenvalue weighted by molar-refractivity contribution is 9.10. The van der Waals surface area contributed by atoms with Crippen molar-refractivity contribution in [3.05, 3.63) is 52.0 Å². The molecule has 0 radical (unpaired) electrons. The molecule has 2 aromatic rings. The maximum absolute atomic E-state index is 15.3. The molecule has 0 bridgehead atoms. The molecule has 0 saturated heterocycles. The molecular formula is C26H36BrF2N3O4S2. The summed E-state index contributed by atoms with van der Waals surface area (Å²) >= 11 is 3.25.